The van der Waals surface area contributed by atoms with Gasteiger partial charge in [0.2, 0.25) is 5.89 Å². The van der Waals surface area contributed by atoms with E-state index in [0.29, 0.717) is 12.4 Å². The third kappa shape index (κ3) is 3.10. The molecule has 0 aromatic carbocycles. The summed E-state index contributed by atoms with van der Waals surface area (Å²) in [5, 5.41) is 8.20. The van der Waals surface area contributed by atoms with E-state index >= 15 is 0 Å². The zero-order valence-corrected chi connectivity index (χ0v) is 12.2. The van der Waals surface area contributed by atoms with Gasteiger partial charge in [-0.3, -0.25) is 9.69 Å². The molecule has 0 radical (unpaired) electrons. The number of hydrogen-bond acceptors (Lipinski definition) is 7. The fourth-order valence-corrected chi connectivity index (χ4v) is 2.40. The first kappa shape index (κ1) is 13.7. The van der Waals surface area contributed by atoms with Crippen molar-refractivity contribution in [3.05, 3.63) is 34.2 Å². The standard InChI is InChI=1S/C13H18N6O2/c1-10-14-11(16-21-10)9-18-5-7-19(8-6-18)12-3-4-13(20)17(2)15-12/h3-4H,5-9H2,1-2H3. The molecule has 3 rings (SSSR count). The van der Waals surface area contributed by atoms with E-state index in [1.54, 1.807) is 26.1 Å². The molecule has 8 heteroatoms. The van der Waals surface area contributed by atoms with Gasteiger partial charge < -0.3 is 9.42 Å². The third-order valence-corrected chi connectivity index (χ3v) is 3.58. The lowest BCUT2D eigenvalue weighted by atomic mass is 10.3. The molecule has 8 nitrogen and oxygen atoms in total. The van der Waals surface area contributed by atoms with Crippen LogP contribution >= 0.6 is 0 Å². The van der Waals surface area contributed by atoms with Crippen LogP contribution in [-0.2, 0) is 13.6 Å². The largest absolute Gasteiger partial charge is 0.353 e. The van der Waals surface area contributed by atoms with Gasteiger partial charge in [0.15, 0.2) is 5.82 Å². The summed E-state index contributed by atoms with van der Waals surface area (Å²) < 4.78 is 6.35. The topological polar surface area (TPSA) is 80.3 Å². The number of rotatable bonds is 3. The van der Waals surface area contributed by atoms with Crippen LogP contribution in [0.1, 0.15) is 11.7 Å². The van der Waals surface area contributed by atoms with E-state index in [4.69, 9.17) is 4.52 Å². The van der Waals surface area contributed by atoms with Crippen molar-refractivity contribution in [1.82, 2.24) is 24.8 Å². The number of hydrogen-bond donors (Lipinski definition) is 0. The van der Waals surface area contributed by atoms with Crippen molar-refractivity contribution in [3.63, 3.8) is 0 Å². The fourth-order valence-electron chi connectivity index (χ4n) is 2.40. The first-order valence-corrected chi connectivity index (χ1v) is 6.93. The van der Waals surface area contributed by atoms with Crippen molar-refractivity contribution < 1.29 is 4.52 Å². The van der Waals surface area contributed by atoms with Crippen LogP contribution < -0.4 is 10.5 Å². The van der Waals surface area contributed by atoms with E-state index in [0.717, 1.165) is 37.8 Å². The lowest BCUT2D eigenvalue weighted by Gasteiger charge is -2.34. The second-order valence-corrected chi connectivity index (χ2v) is 5.15. The van der Waals surface area contributed by atoms with Crippen LogP contribution in [-0.4, -0.2) is 51.0 Å². The molecular formula is C13H18N6O2. The monoisotopic (exact) mass is 290 g/mol. The summed E-state index contributed by atoms with van der Waals surface area (Å²) in [6.45, 7) is 6.02. The zero-order valence-electron chi connectivity index (χ0n) is 12.2. The quantitative estimate of drug-likeness (QED) is 0.774. The molecule has 0 bridgehead atoms. The van der Waals surface area contributed by atoms with Gasteiger partial charge >= 0.3 is 0 Å². The molecule has 1 saturated heterocycles. The Kier molecular flexibility index (Phi) is 3.70. The van der Waals surface area contributed by atoms with Gasteiger partial charge in [0.25, 0.3) is 5.56 Å². The van der Waals surface area contributed by atoms with E-state index in [9.17, 15) is 4.79 Å². The van der Waals surface area contributed by atoms with E-state index < -0.39 is 0 Å². The van der Waals surface area contributed by atoms with Gasteiger partial charge in [0, 0.05) is 46.2 Å². The van der Waals surface area contributed by atoms with E-state index in [1.165, 1.54) is 4.68 Å². The normalized spacial score (nSPS) is 16.4. The molecule has 112 valence electrons. The molecule has 0 aliphatic carbocycles. The van der Waals surface area contributed by atoms with Crippen molar-refractivity contribution in [3.8, 4) is 0 Å². The van der Waals surface area contributed by atoms with Gasteiger partial charge in [0.05, 0.1) is 6.54 Å². The summed E-state index contributed by atoms with van der Waals surface area (Å²) in [6, 6.07) is 3.33. The maximum Gasteiger partial charge on any atom is 0.266 e. The molecule has 2 aromatic heterocycles. The summed E-state index contributed by atoms with van der Waals surface area (Å²) in [4.78, 5) is 20.0. The van der Waals surface area contributed by atoms with Crippen LogP contribution in [0.3, 0.4) is 0 Å². The minimum atomic E-state index is -0.0927. The highest BCUT2D eigenvalue weighted by Crippen LogP contribution is 2.12. The number of nitrogens with zero attached hydrogens (tertiary/aromatic N) is 6. The first-order chi connectivity index (χ1) is 10.1. The Balaban J connectivity index is 1.59. The fraction of sp³-hybridized carbons (Fsp3) is 0.538. The van der Waals surface area contributed by atoms with Gasteiger partial charge in [-0.1, -0.05) is 5.16 Å². The summed E-state index contributed by atoms with van der Waals surface area (Å²) >= 11 is 0. The van der Waals surface area contributed by atoms with Crippen LogP contribution in [0.2, 0.25) is 0 Å². The highest BCUT2D eigenvalue weighted by molar-refractivity contribution is 5.37. The van der Waals surface area contributed by atoms with Crippen molar-refractivity contribution in [2.45, 2.75) is 13.5 Å². The number of piperazine rings is 1. The van der Waals surface area contributed by atoms with Crippen LogP contribution in [0.4, 0.5) is 5.82 Å². The van der Waals surface area contributed by atoms with Gasteiger partial charge in [0.1, 0.15) is 5.82 Å². The molecule has 1 aliphatic heterocycles. The third-order valence-electron chi connectivity index (χ3n) is 3.58. The molecule has 21 heavy (non-hydrogen) atoms. The molecule has 0 saturated carbocycles. The molecule has 1 fully saturated rings. The Morgan fingerprint density at radius 2 is 2.00 bits per heavy atom. The Morgan fingerprint density at radius 1 is 1.24 bits per heavy atom. The average molecular weight is 290 g/mol. The van der Waals surface area contributed by atoms with Gasteiger partial charge in [-0.05, 0) is 6.07 Å². The van der Waals surface area contributed by atoms with Crippen molar-refractivity contribution >= 4 is 5.82 Å². The maximum atomic E-state index is 11.4. The molecular weight excluding hydrogens is 272 g/mol. The Morgan fingerprint density at radius 3 is 2.62 bits per heavy atom. The van der Waals surface area contributed by atoms with E-state index in [-0.39, 0.29) is 5.56 Å². The molecule has 2 aromatic rings. The smallest absolute Gasteiger partial charge is 0.266 e. The minimum Gasteiger partial charge on any atom is -0.353 e. The number of anilines is 1. The summed E-state index contributed by atoms with van der Waals surface area (Å²) in [6.07, 6.45) is 0. The highest BCUT2D eigenvalue weighted by atomic mass is 16.5. The van der Waals surface area contributed by atoms with Crippen LogP contribution in [0.5, 0.6) is 0 Å². The lowest BCUT2D eigenvalue weighted by molar-refractivity contribution is 0.239. The lowest BCUT2D eigenvalue weighted by Crippen LogP contribution is -2.46. The number of aryl methyl sites for hydroxylation is 2. The molecule has 0 atom stereocenters. The molecule has 3 heterocycles. The van der Waals surface area contributed by atoms with Crippen LogP contribution in [0.15, 0.2) is 21.5 Å². The van der Waals surface area contributed by atoms with Gasteiger partial charge in [-0.15, -0.1) is 0 Å². The van der Waals surface area contributed by atoms with E-state index in [2.05, 4.69) is 25.0 Å². The van der Waals surface area contributed by atoms with Crippen molar-refractivity contribution in [2.75, 3.05) is 31.1 Å². The maximum absolute atomic E-state index is 11.4. The Labute approximate surface area is 122 Å². The molecule has 0 spiro atoms. The molecule has 0 amide bonds. The second kappa shape index (κ2) is 5.65. The van der Waals surface area contributed by atoms with Gasteiger partial charge in [-0.2, -0.15) is 10.1 Å². The Hall–Kier alpha value is -2.22. The predicted octanol–water partition coefficient (Wildman–Crippen LogP) is -0.206. The summed E-state index contributed by atoms with van der Waals surface area (Å²) in [5.41, 5.74) is -0.0927. The summed E-state index contributed by atoms with van der Waals surface area (Å²) in [5.74, 6) is 2.16. The SMILES string of the molecule is Cc1nc(CN2CCN(c3ccc(=O)n(C)n3)CC2)no1. The van der Waals surface area contributed by atoms with Crippen LogP contribution in [0.25, 0.3) is 0 Å². The Bertz CT molecular complexity index is 671. The van der Waals surface area contributed by atoms with Crippen molar-refractivity contribution in [2.24, 2.45) is 7.05 Å². The summed E-state index contributed by atoms with van der Waals surface area (Å²) in [7, 11) is 1.67. The predicted molar refractivity (Wildman–Crippen MR) is 76.0 cm³/mol. The minimum absolute atomic E-state index is 0.0927. The molecule has 0 N–H and O–H groups in total. The van der Waals surface area contributed by atoms with Crippen molar-refractivity contribution in [1.29, 1.82) is 0 Å². The van der Waals surface area contributed by atoms with Crippen LogP contribution in [0, 0.1) is 6.92 Å². The average Bonchev–Trinajstić information content (AvgIpc) is 2.88. The van der Waals surface area contributed by atoms with E-state index in [1.807, 2.05) is 0 Å². The second-order valence-electron chi connectivity index (χ2n) is 5.15. The number of aromatic nitrogens is 4. The zero-order chi connectivity index (χ0) is 14.8. The van der Waals surface area contributed by atoms with Gasteiger partial charge in [-0.25, -0.2) is 4.68 Å². The first-order valence-electron chi connectivity index (χ1n) is 6.93. The highest BCUT2D eigenvalue weighted by Gasteiger charge is 2.19. The molecule has 0 unspecified atom stereocenters. The molecule has 1 aliphatic rings.